The molecular formula is C20H19N3O4S. The fourth-order valence-corrected chi connectivity index (χ4v) is 3.02. The van der Waals surface area contributed by atoms with Gasteiger partial charge in [-0.15, -0.1) is 0 Å². The molecule has 0 saturated heterocycles. The maximum atomic E-state index is 13.1. The van der Waals surface area contributed by atoms with Gasteiger partial charge < -0.3 is 14.8 Å². The van der Waals surface area contributed by atoms with Gasteiger partial charge in [0.25, 0.3) is 5.91 Å². The Hall–Kier alpha value is -3.36. The Kier molecular flexibility index (Phi) is 5.62. The quantitative estimate of drug-likeness (QED) is 0.621. The number of rotatable bonds is 6. The monoisotopic (exact) mass is 397 g/mol. The van der Waals surface area contributed by atoms with Gasteiger partial charge in [0, 0.05) is 16.9 Å². The third kappa shape index (κ3) is 5.09. The number of anilines is 2. The largest absolute Gasteiger partial charge is 0.399 e. The smallest absolute Gasteiger partial charge is 0.380 e. The first-order valence-electron chi connectivity index (χ1n) is 8.35. The van der Waals surface area contributed by atoms with Gasteiger partial charge in [-0.3, -0.25) is 4.79 Å². The third-order valence-corrected chi connectivity index (χ3v) is 4.37. The van der Waals surface area contributed by atoms with Crippen LogP contribution in [-0.2, 0) is 16.8 Å². The molecule has 1 amide bonds. The molecule has 0 bridgehead atoms. The highest BCUT2D eigenvalue weighted by molar-refractivity contribution is 7.84. The third-order valence-electron chi connectivity index (χ3n) is 3.95. The van der Waals surface area contributed by atoms with E-state index in [-0.39, 0.29) is 18.2 Å². The van der Waals surface area contributed by atoms with E-state index in [0.29, 0.717) is 16.9 Å². The highest BCUT2D eigenvalue weighted by Crippen LogP contribution is 2.23. The van der Waals surface area contributed by atoms with Crippen molar-refractivity contribution in [2.45, 2.75) is 6.54 Å². The average molecular weight is 397 g/mol. The van der Waals surface area contributed by atoms with Crippen LogP contribution in [0.25, 0.3) is 0 Å². The summed E-state index contributed by atoms with van der Waals surface area (Å²) in [7, 11) is -4.09. The van der Waals surface area contributed by atoms with Crippen LogP contribution in [0.3, 0.4) is 0 Å². The minimum absolute atomic E-state index is 0.0969. The summed E-state index contributed by atoms with van der Waals surface area (Å²) in [5, 5.41) is 4.87. The Morgan fingerprint density at radius 2 is 1.50 bits per heavy atom. The molecule has 4 N–H and O–H groups in total. The van der Waals surface area contributed by atoms with Gasteiger partial charge in [0.2, 0.25) is 0 Å². The standard InChI is InChI=1S/C20H19N3O4S/c21-17-8-10-18(11-9-17)23(20(24)16-4-2-1-3-5-16)14-15-6-12-19(13-7-15)27-28(22,25)26/h1-13H,14,21H2,(H2,22,25,26). The van der Waals surface area contributed by atoms with Crippen molar-refractivity contribution in [2.75, 3.05) is 10.6 Å². The van der Waals surface area contributed by atoms with Crippen LogP contribution in [0.1, 0.15) is 15.9 Å². The summed E-state index contributed by atoms with van der Waals surface area (Å²) in [6, 6.07) is 22.2. The summed E-state index contributed by atoms with van der Waals surface area (Å²) < 4.78 is 26.7. The minimum atomic E-state index is -4.09. The van der Waals surface area contributed by atoms with Gasteiger partial charge in [-0.25, -0.2) is 0 Å². The predicted molar refractivity (Wildman–Crippen MR) is 108 cm³/mol. The molecule has 0 aliphatic heterocycles. The lowest BCUT2D eigenvalue weighted by Gasteiger charge is -2.23. The van der Waals surface area contributed by atoms with Crippen LogP contribution in [0.5, 0.6) is 5.75 Å². The number of hydrogen-bond acceptors (Lipinski definition) is 5. The second kappa shape index (κ2) is 8.12. The number of nitrogens with two attached hydrogens (primary N) is 2. The first kappa shape index (κ1) is 19.4. The van der Waals surface area contributed by atoms with Crippen LogP contribution in [0, 0.1) is 0 Å². The predicted octanol–water partition coefficient (Wildman–Crippen LogP) is 2.70. The Bertz CT molecular complexity index is 1050. The molecular weight excluding hydrogens is 378 g/mol. The molecule has 0 aromatic heterocycles. The highest BCUT2D eigenvalue weighted by Gasteiger charge is 2.18. The van der Waals surface area contributed by atoms with Crippen molar-refractivity contribution < 1.29 is 17.4 Å². The summed E-state index contributed by atoms with van der Waals surface area (Å²) in [5.74, 6) is -0.0742. The maximum absolute atomic E-state index is 13.1. The molecule has 3 rings (SSSR count). The lowest BCUT2D eigenvalue weighted by Crippen LogP contribution is -2.30. The van der Waals surface area contributed by atoms with Crippen LogP contribution in [0.15, 0.2) is 78.9 Å². The number of benzene rings is 3. The molecule has 7 nitrogen and oxygen atoms in total. The molecule has 3 aromatic rings. The van der Waals surface area contributed by atoms with E-state index in [1.807, 2.05) is 6.07 Å². The summed E-state index contributed by atoms with van der Waals surface area (Å²) in [6.45, 7) is 0.271. The topological polar surface area (TPSA) is 116 Å². The normalized spacial score (nSPS) is 11.0. The van der Waals surface area contributed by atoms with Crippen molar-refractivity contribution in [2.24, 2.45) is 5.14 Å². The number of nitrogens with zero attached hydrogens (tertiary/aromatic N) is 1. The number of hydrogen-bond donors (Lipinski definition) is 2. The van der Waals surface area contributed by atoms with Crippen LogP contribution in [0.2, 0.25) is 0 Å². The van der Waals surface area contributed by atoms with E-state index >= 15 is 0 Å². The molecule has 0 radical (unpaired) electrons. The van der Waals surface area contributed by atoms with Gasteiger partial charge in [-0.05, 0) is 54.1 Å². The van der Waals surface area contributed by atoms with E-state index in [2.05, 4.69) is 4.18 Å². The van der Waals surface area contributed by atoms with Gasteiger partial charge in [-0.1, -0.05) is 30.3 Å². The van der Waals surface area contributed by atoms with Gasteiger partial charge >= 0.3 is 10.3 Å². The van der Waals surface area contributed by atoms with Crippen molar-refractivity contribution >= 4 is 27.6 Å². The molecule has 0 spiro atoms. The Balaban J connectivity index is 1.89. The fourth-order valence-electron chi connectivity index (χ4n) is 2.64. The number of carbonyl (C=O) groups excluding carboxylic acids is 1. The van der Waals surface area contributed by atoms with E-state index in [1.165, 1.54) is 12.1 Å². The van der Waals surface area contributed by atoms with E-state index in [0.717, 1.165) is 5.56 Å². The zero-order valence-electron chi connectivity index (χ0n) is 14.9. The van der Waals surface area contributed by atoms with E-state index in [9.17, 15) is 13.2 Å². The minimum Gasteiger partial charge on any atom is -0.399 e. The molecule has 144 valence electrons. The second-order valence-electron chi connectivity index (χ2n) is 6.07. The van der Waals surface area contributed by atoms with Crippen LogP contribution in [-0.4, -0.2) is 14.3 Å². The van der Waals surface area contributed by atoms with Gasteiger partial charge in [0.05, 0.1) is 6.54 Å². The van der Waals surface area contributed by atoms with E-state index in [1.54, 1.807) is 65.6 Å². The zero-order chi connectivity index (χ0) is 20.1. The number of amides is 1. The second-order valence-corrected chi connectivity index (χ2v) is 7.22. The SMILES string of the molecule is Nc1ccc(N(Cc2ccc(OS(N)(=O)=O)cc2)C(=O)c2ccccc2)cc1. The van der Waals surface area contributed by atoms with Crippen molar-refractivity contribution in [1.29, 1.82) is 0 Å². The maximum Gasteiger partial charge on any atom is 0.380 e. The van der Waals surface area contributed by atoms with Gasteiger partial charge in [0.1, 0.15) is 5.75 Å². The zero-order valence-corrected chi connectivity index (χ0v) is 15.7. The Labute approximate surface area is 163 Å². The summed E-state index contributed by atoms with van der Waals surface area (Å²) in [4.78, 5) is 14.7. The van der Waals surface area contributed by atoms with Crippen molar-refractivity contribution in [3.8, 4) is 5.75 Å². The molecule has 0 fully saturated rings. The molecule has 0 atom stereocenters. The Morgan fingerprint density at radius 1 is 0.893 bits per heavy atom. The lowest BCUT2D eigenvalue weighted by atomic mass is 10.1. The number of nitrogen functional groups attached to an aromatic ring is 1. The molecule has 0 unspecified atom stereocenters. The molecule has 3 aromatic carbocycles. The van der Waals surface area contributed by atoms with Crippen LogP contribution >= 0.6 is 0 Å². The molecule has 8 heteroatoms. The molecule has 0 heterocycles. The summed E-state index contributed by atoms with van der Waals surface area (Å²) >= 11 is 0. The van der Waals surface area contributed by atoms with Gasteiger partial charge in [0.15, 0.2) is 0 Å². The first-order valence-corrected chi connectivity index (χ1v) is 9.82. The Morgan fingerprint density at radius 3 is 2.07 bits per heavy atom. The van der Waals surface area contributed by atoms with Crippen LogP contribution < -0.4 is 20.0 Å². The number of carbonyl (C=O) groups is 1. The molecule has 28 heavy (non-hydrogen) atoms. The average Bonchev–Trinajstić information content (AvgIpc) is 2.67. The van der Waals surface area contributed by atoms with Crippen molar-refractivity contribution in [3.63, 3.8) is 0 Å². The summed E-state index contributed by atoms with van der Waals surface area (Å²) in [5.41, 5.74) is 8.37. The van der Waals surface area contributed by atoms with Crippen molar-refractivity contribution in [3.05, 3.63) is 90.0 Å². The fraction of sp³-hybridized carbons (Fsp3) is 0.0500. The molecule has 0 aliphatic carbocycles. The highest BCUT2D eigenvalue weighted by atomic mass is 32.2. The summed E-state index contributed by atoms with van der Waals surface area (Å²) in [6.07, 6.45) is 0. The van der Waals surface area contributed by atoms with E-state index in [4.69, 9.17) is 10.9 Å². The van der Waals surface area contributed by atoms with E-state index < -0.39 is 10.3 Å². The molecule has 0 aliphatic rings. The first-order chi connectivity index (χ1) is 13.3. The lowest BCUT2D eigenvalue weighted by molar-refractivity contribution is 0.0985. The molecule has 0 saturated carbocycles. The van der Waals surface area contributed by atoms with Gasteiger partial charge in [-0.2, -0.15) is 13.6 Å². The van der Waals surface area contributed by atoms with Crippen LogP contribution in [0.4, 0.5) is 11.4 Å². The van der Waals surface area contributed by atoms with Crippen molar-refractivity contribution in [1.82, 2.24) is 0 Å².